The summed E-state index contributed by atoms with van der Waals surface area (Å²) in [6.45, 7) is 2.50. The fraction of sp³-hybridized carbons (Fsp3) is 0.143. The van der Waals surface area contributed by atoms with E-state index >= 15 is 0 Å². The van der Waals surface area contributed by atoms with Crippen LogP contribution in [0.5, 0.6) is 5.75 Å². The fourth-order valence-electron chi connectivity index (χ4n) is 1.59. The highest BCUT2D eigenvalue weighted by Gasteiger charge is 2.06. The van der Waals surface area contributed by atoms with E-state index in [0.29, 0.717) is 17.9 Å². The SMILES string of the molecule is CCOc1ccc(NC(=O)c2cc[nH]c(=O)c2)cc1. The maximum atomic E-state index is 11.9. The summed E-state index contributed by atoms with van der Waals surface area (Å²) in [5, 5.41) is 2.71. The van der Waals surface area contributed by atoms with Crippen LogP contribution in [0.3, 0.4) is 0 Å². The summed E-state index contributed by atoms with van der Waals surface area (Å²) in [6.07, 6.45) is 1.44. The number of anilines is 1. The first-order valence-corrected chi connectivity index (χ1v) is 5.92. The second kappa shape index (κ2) is 5.86. The van der Waals surface area contributed by atoms with Crippen LogP contribution in [0.1, 0.15) is 17.3 Å². The van der Waals surface area contributed by atoms with E-state index in [1.165, 1.54) is 12.3 Å². The summed E-state index contributed by atoms with van der Waals surface area (Å²) in [5.41, 5.74) is 0.658. The Bertz CT molecular complexity index is 617. The third-order valence-electron chi connectivity index (χ3n) is 2.46. The lowest BCUT2D eigenvalue weighted by molar-refractivity contribution is 0.102. The zero-order chi connectivity index (χ0) is 13.7. The third-order valence-corrected chi connectivity index (χ3v) is 2.46. The first-order valence-electron chi connectivity index (χ1n) is 5.92. The largest absolute Gasteiger partial charge is 0.494 e. The number of carbonyl (C=O) groups excluding carboxylic acids is 1. The maximum absolute atomic E-state index is 11.9. The van der Waals surface area contributed by atoms with E-state index in [0.717, 1.165) is 5.75 Å². The van der Waals surface area contributed by atoms with Gasteiger partial charge in [0, 0.05) is 23.5 Å². The van der Waals surface area contributed by atoms with Crippen molar-refractivity contribution in [3.63, 3.8) is 0 Å². The minimum atomic E-state index is -0.324. The molecule has 0 fully saturated rings. The molecule has 0 aliphatic rings. The van der Waals surface area contributed by atoms with Gasteiger partial charge in [0.2, 0.25) is 5.56 Å². The van der Waals surface area contributed by atoms with Crippen LogP contribution in [0, 0.1) is 0 Å². The second-order valence-electron chi connectivity index (χ2n) is 3.85. The summed E-state index contributed by atoms with van der Waals surface area (Å²) in [6, 6.07) is 9.84. The highest BCUT2D eigenvalue weighted by molar-refractivity contribution is 6.04. The molecule has 5 heteroatoms. The first-order chi connectivity index (χ1) is 9.19. The van der Waals surface area contributed by atoms with Crippen LogP contribution >= 0.6 is 0 Å². The van der Waals surface area contributed by atoms with Gasteiger partial charge in [-0.15, -0.1) is 0 Å². The van der Waals surface area contributed by atoms with Crippen LogP contribution in [0.4, 0.5) is 5.69 Å². The lowest BCUT2D eigenvalue weighted by Gasteiger charge is -2.06. The standard InChI is InChI=1S/C14H14N2O3/c1-2-19-12-5-3-11(4-6-12)16-14(18)10-7-8-15-13(17)9-10/h3-9H,2H2,1H3,(H,15,17)(H,16,18). The normalized spacial score (nSPS) is 9.95. The van der Waals surface area contributed by atoms with Crippen LogP contribution in [0.15, 0.2) is 47.4 Å². The molecule has 1 amide bonds. The van der Waals surface area contributed by atoms with Crippen molar-refractivity contribution < 1.29 is 9.53 Å². The van der Waals surface area contributed by atoms with Crippen molar-refractivity contribution in [2.24, 2.45) is 0 Å². The maximum Gasteiger partial charge on any atom is 0.255 e. The minimum absolute atomic E-state index is 0.306. The molecule has 2 aromatic rings. The number of amides is 1. The van der Waals surface area contributed by atoms with Crippen molar-refractivity contribution in [2.75, 3.05) is 11.9 Å². The van der Waals surface area contributed by atoms with Gasteiger partial charge >= 0.3 is 0 Å². The third kappa shape index (κ3) is 3.45. The average molecular weight is 258 g/mol. The first kappa shape index (κ1) is 12.9. The number of carbonyl (C=O) groups is 1. The van der Waals surface area contributed by atoms with Gasteiger partial charge in [0.1, 0.15) is 5.75 Å². The molecule has 0 atom stereocenters. The highest BCUT2D eigenvalue weighted by Crippen LogP contribution is 2.16. The quantitative estimate of drug-likeness (QED) is 0.881. The van der Waals surface area contributed by atoms with Gasteiger partial charge < -0.3 is 15.0 Å². The molecule has 2 rings (SSSR count). The zero-order valence-corrected chi connectivity index (χ0v) is 10.5. The summed E-state index contributed by atoms with van der Waals surface area (Å²) in [5.74, 6) is 0.423. The molecule has 0 aliphatic carbocycles. The fourth-order valence-corrected chi connectivity index (χ4v) is 1.59. The number of hydrogen-bond acceptors (Lipinski definition) is 3. The molecule has 0 saturated carbocycles. The number of aromatic amines is 1. The van der Waals surface area contributed by atoms with Crippen molar-refractivity contribution in [1.29, 1.82) is 0 Å². The van der Waals surface area contributed by atoms with Crippen molar-refractivity contribution in [3.8, 4) is 5.75 Å². The van der Waals surface area contributed by atoms with Crippen molar-refractivity contribution in [3.05, 3.63) is 58.5 Å². The Morgan fingerprint density at radius 3 is 2.63 bits per heavy atom. The van der Waals surface area contributed by atoms with E-state index < -0.39 is 0 Å². The smallest absolute Gasteiger partial charge is 0.255 e. The minimum Gasteiger partial charge on any atom is -0.494 e. The van der Waals surface area contributed by atoms with Crippen LogP contribution in [0.2, 0.25) is 0 Å². The number of benzene rings is 1. The molecule has 1 heterocycles. The van der Waals surface area contributed by atoms with Crippen LogP contribution in [0.25, 0.3) is 0 Å². The molecule has 0 bridgehead atoms. The topological polar surface area (TPSA) is 71.2 Å². The predicted molar refractivity (Wildman–Crippen MR) is 72.6 cm³/mol. The summed E-state index contributed by atoms with van der Waals surface area (Å²) in [4.78, 5) is 25.5. The highest BCUT2D eigenvalue weighted by atomic mass is 16.5. The Balaban J connectivity index is 2.08. The molecule has 0 spiro atoms. The summed E-state index contributed by atoms with van der Waals surface area (Å²) < 4.78 is 5.31. The van der Waals surface area contributed by atoms with Gasteiger partial charge in [0.15, 0.2) is 0 Å². The molecule has 98 valence electrons. The number of ether oxygens (including phenoxy) is 1. The number of nitrogens with one attached hydrogen (secondary N) is 2. The predicted octanol–water partition coefficient (Wildman–Crippen LogP) is 2.03. The molecule has 2 N–H and O–H groups in total. The lowest BCUT2D eigenvalue weighted by Crippen LogP contribution is -2.15. The Morgan fingerprint density at radius 2 is 2.00 bits per heavy atom. The Morgan fingerprint density at radius 1 is 1.26 bits per heavy atom. The summed E-state index contributed by atoms with van der Waals surface area (Å²) in [7, 11) is 0. The molecule has 0 unspecified atom stereocenters. The molecule has 1 aromatic carbocycles. The van der Waals surface area contributed by atoms with Gasteiger partial charge in [0.25, 0.3) is 5.91 Å². The van der Waals surface area contributed by atoms with E-state index in [-0.39, 0.29) is 11.5 Å². The van der Waals surface area contributed by atoms with Crippen molar-refractivity contribution in [1.82, 2.24) is 4.98 Å². The van der Waals surface area contributed by atoms with Crippen LogP contribution in [-0.2, 0) is 0 Å². The molecular weight excluding hydrogens is 244 g/mol. The monoisotopic (exact) mass is 258 g/mol. The van der Waals surface area contributed by atoms with Crippen molar-refractivity contribution >= 4 is 11.6 Å². The zero-order valence-electron chi connectivity index (χ0n) is 10.5. The van der Waals surface area contributed by atoms with Crippen LogP contribution < -0.4 is 15.6 Å². The van der Waals surface area contributed by atoms with Gasteiger partial charge in [-0.1, -0.05) is 0 Å². The lowest BCUT2D eigenvalue weighted by atomic mass is 10.2. The number of hydrogen-bond donors (Lipinski definition) is 2. The van der Waals surface area contributed by atoms with Gasteiger partial charge in [-0.25, -0.2) is 0 Å². The van der Waals surface area contributed by atoms with E-state index in [1.54, 1.807) is 30.3 Å². The van der Waals surface area contributed by atoms with Gasteiger partial charge in [-0.3, -0.25) is 9.59 Å². The molecule has 0 saturated heterocycles. The number of H-pyrrole nitrogens is 1. The molecule has 19 heavy (non-hydrogen) atoms. The van der Waals surface area contributed by atoms with E-state index in [9.17, 15) is 9.59 Å². The number of pyridine rings is 1. The second-order valence-corrected chi connectivity index (χ2v) is 3.85. The van der Waals surface area contributed by atoms with Crippen LogP contribution in [-0.4, -0.2) is 17.5 Å². The van der Waals surface area contributed by atoms with E-state index in [4.69, 9.17) is 4.74 Å². The molecule has 5 nitrogen and oxygen atoms in total. The van der Waals surface area contributed by atoms with E-state index in [1.807, 2.05) is 6.92 Å². The van der Waals surface area contributed by atoms with Gasteiger partial charge in [-0.05, 0) is 37.3 Å². The Labute approximate surface area is 110 Å². The Hall–Kier alpha value is -2.56. The molecule has 0 radical (unpaired) electrons. The average Bonchev–Trinajstić information content (AvgIpc) is 2.41. The van der Waals surface area contributed by atoms with E-state index in [2.05, 4.69) is 10.3 Å². The summed E-state index contributed by atoms with van der Waals surface area (Å²) >= 11 is 0. The number of aromatic nitrogens is 1. The Kier molecular flexibility index (Phi) is 3.97. The molecular formula is C14H14N2O3. The van der Waals surface area contributed by atoms with Gasteiger partial charge in [-0.2, -0.15) is 0 Å². The van der Waals surface area contributed by atoms with Gasteiger partial charge in [0.05, 0.1) is 6.61 Å². The van der Waals surface area contributed by atoms with Crippen molar-refractivity contribution in [2.45, 2.75) is 6.92 Å². The number of rotatable bonds is 4. The molecule has 0 aliphatic heterocycles. The molecule has 1 aromatic heterocycles.